The average molecular weight is 327 g/mol. The molecule has 1 atom stereocenters. The molecule has 1 N–H and O–H groups in total. The molecule has 1 fully saturated rings. The molecule has 24 heavy (non-hydrogen) atoms. The van der Waals surface area contributed by atoms with Gasteiger partial charge in [-0.2, -0.15) is 0 Å². The Morgan fingerprint density at radius 3 is 2.71 bits per heavy atom. The van der Waals surface area contributed by atoms with Crippen LogP contribution in [0.4, 0.5) is 5.82 Å². The molecule has 1 amide bonds. The van der Waals surface area contributed by atoms with E-state index in [0.717, 1.165) is 18.8 Å². The molecule has 1 saturated heterocycles. The van der Waals surface area contributed by atoms with E-state index in [1.165, 1.54) is 17.3 Å². The lowest BCUT2D eigenvalue weighted by Gasteiger charge is -2.41. The third-order valence-corrected chi connectivity index (χ3v) is 4.16. The standard InChI is InChI=1S/C17H21N5O2/c1-21(16(23)15-19-9-5-10-20-15)12-17(24)7-4-11-22(13-17)14-6-2-3-8-18-14/h2-3,5-6,8-10,24H,4,7,11-13H2,1H3/t17-/m0/s1. The second-order valence-electron chi connectivity index (χ2n) is 6.17. The Balaban J connectivity index is 1.68. The summed E-state index contributed by atoms with van der Waals surface area (Å²) in [7, 11) is 1.66. The van der Waals surface area contributed by atoms with E-state index in [1.54, 1.807) is 19.3 Å². The maximum absolute atomic E-state index is 12.4. The van der Waals surface area contributed by atoms with Crippen molar-refractivity contribution in [3.63, 3.8) is 0 Å². The van der Waals surface area contributed by atoms with Crippen LogP contribution in [0.1, 0.15) is 23.5 Å². The molecule has 0 spiro atoms. The molecule has 0 aliphatic carbocycles. The highest BCUT2D eigenvalue weighted by molar-refractivity contribution is 5.90. The predicted octanol–water partition coefficient (Wildman–Crippen LogP) is 0.975. The molecule has 1 aliphatic rings. The third kappa shape index (κ3) is 3.68. The van der Waals surface area contributed by atoms with E-state index in [4.69, 9.17) is 0 Å². The number of aromatic nitrogens is 3. The smallest absolute Gasteiger partial charge is 0.291 e. The Kier molecular flexibility index (Phi) is 4.71. The van der Waals surface area contributed by atoms with Gasteiger partial charge in [0.2, 0.25) is 5.82 Å². The maximum atomic E-state index is 12.4. The van der Waals surface area contributed by atoms with Crippen LogP contribution < -0.4 is 4.90 Å². The van der Waals surface area contributed by atoms with Crippen LogP contribution in [0, 0.1) is 0 Å². The van der Waals surface area contributed by atoms with E-state index >= 15 is 0 Å². The Morgan fingerprint density at radius 1 is 1.25 bits per heavy atom. The van der Waals surface area contributed by atoms with Gasteiger partial charge < -0.3 is 14.9 Å². The van der Waals surface area contributed by atoms with Crippen molar-refractivity contribution in [2.75, 3.05) is 31.6 Å². The topological polar surface area (TPSA) is 82.5 Å². The fourth-order valence-electron chi connectivity index (χ4n) is 3.07. The van der Waals surface area contributed by atoms with Gasteiger partial charge in [-0.3, -0.25) is 4.79 Å². The second kappa shape index (κ2) is 6.92. The van der Waals surface area contributed by atoms with Gasteiger partial charge in [0.15, 0.2) is 0 Å². The van der Waals surface area contributed by atoms with Gasteiger partial charge in [-0.15, -0.1) is 0 Å². The van der Waals surface area contributed by atoms with Crippen LogP contribution in [-0.2, 0) is 0 Å². The SMILES string of the molecule is CN(C[C@@]1(O)CCCN(c2ccccn2)C1)C(=O)c1ncccn1. The van der Waals surface area contributed by atoms with Crippen molar-refractivity contribution in [2.45, 2.75) is 18.4 Å². The fourth-order valence-corrected chi connectivity index (χ4v) is 3.07. The summed E-state index contributed by atoms with van der Waals surface area (Å²) < 4.78 is 0. The van der Waals surface area contributed by atoms with E-state index in [1.807, 2.05) is 18.2 Å². The molecular weight excluding hydrogens is 306 g/mol. The summed E-state index contributed by atoms with van der Waals surface area (Å²) in [6.07, 6.45) is 6.30. The van der Waals surface area contributed by atoms with Crippen molar-refractivity contribution in [3.8, 4) is 0 Å². The van der Waals surface area contributed by atoms with Crippen molar-refractivity contribution in [3.05, 3.63) is 48.7 Å². The zero-order chi connectivity index (χ0) is 17.0. The van der Waals surface area contributed by atoms with Gasteiger partial charge in [-0.1, -0.05) is 6.07 Å². The van der Waals surface area contributed by atoms with Gasteiger partial charge in [0.1, 0.15) is 5.82 Å². The molecular formula is C17H21N5O2. The number of amides is 1. The molecule has 7 nitrogen and oxygen atoms in total. The number of carbonyl (C=O) groups is 1. The molecule has 0 bridgehead atoms. The molecule has 1 aliphatic heterocycles. The minimum absolute atomic E-state index is 0.140. The zero-order valence-electron chi connectivity index (χ0n) is 13.7. The second-order valence-corrected chi connectivity index (χ2v) is 6.17. The molecule has 0 radical (unpaired) electrons. The molecule has 2 aromatic heterocycles. The number of rotatable bonds is 4. The van der Waals surface area contributed by atoms with Crippen molar-refractivity contribution in [1.29, 1.82) is 0 Å². The summed E-state index contributed by atoms with van der Waals surface area (Å²) in [6, 6.07) is 7.39. The average Bonchev–Trinajstić information content (AvgIpc) is 2.62. The number of carbonyl (C=O) groups excluding carboxylic acids is 1. The maximum Gasteiger partial charge on any atom is 0.291 e. The van der Waals surface area contributed by atoms with Crippen LogP contribution in [0.3, 0.4) is 0 Å². The molecule has 126 valence electrons. The van der Waals surface area contributed by atoms with E-state index in [0.29, 0.717) is 13.0 Å². The zero-order valence-corrected chi connectivity index (χ0v) is 13.7. The summed E-state index contributed by atoms with van der Waals surface area (Å²) in [5, 5.41) is 11.0. The number of likely N-dealkylation sites (N-methyl/N-ethyl adjacent to an activating group) is 1. The Morgan fingerprint density at radius 2 is 2.00 bits per heavy atom. The number of pyridine rings is 1. The first kappa shape index (κ1) is 16.3. The molecule has 0 saturated carbocycles. The van der Waals surface area contributed by atoms with Gasteiger partial charge in [0.05, 0.1) is 12.1 Å². The van der Waals surface area contributed by atoms with E-state index in [9.17, 15) is 9.90 Å². The molecule has 7 heteroatoms. The van der Waals surface area contributed by atoms with E-state index < -0.39 is 5.60 Å². The Hall–Kier alpha value is -2.54. The van der Waals surface area contributed by atoms with Crippen molar-refractivity contribution >= 4 is 11.7 Å². The van der Waals surface area contributed by atoms with Crippen LogP contribution in [-0.4, -0.2) is 63.1 Å². The fraction of sp³-hybridized carbons (Fsp3) is 0.412. The predicted molar refractivity (Wildman–Crippen MR) is 89.6 cm³/mol. The van der Waals surface area contributed by atoms with Crippen LogP contribution in [0.15, 0.2) is 42.9 Å². The van der Waals surface area contributed by atoms with Crippen molar-refractivity contribution in [2.24, 2.45) is 0 Å². The van der Waals surface area contributed by atoms with Crippen molar-refractivity contribution < 1.29 is 9.90 Å². The summed E-state index contributed by atoms with van der Waals surface area (Å²) in [6.45, 7) is 1.52. The number of hydrogen-bond acceptors (Lipinski definition) is 6. The molecule has 0 unspecified atom stereocenters. The highest BCUT2D eigenvalue weighted by Crippen LogP contribution is 2.25. The lowest BCUT2D eigenvalue weighted by molar-refractivity contribution is -0.000436. The molecule has 3 heterocycles. The van der Waals surface area contributed by atoms with Gasteiger partial charge in [0.25, 0.3) is 5.91 Å². The van der Waals surface area contributed by atoms with E-state index in [2.05, 4.69) is 19.9 Å². The molecule has 2 aromatic rings. The van der Waals surface area contributed by atoms with Gasteiger partial charge in [-0.25, -0.2) is 15.0 Å². The molecule has 0 aromatic carbocycles. The Bertz CT molecular complexity index is 682. The number of piperidine rings is 1. The summed E-state index contributed by atoms with van der Waals surface area (Å²) in [5.41, 5.74) is -0.977. The largest absolute Gasteiger partial charge is 0.386 e. The van der Waals surface area contributed by atoms with Crippen LogP contribution in [0.25, 0.3) is 0 Å². The van der Waals surface area contributed by atoms with E-state index in [-0.39, 0.29) is 18.3 Å². The number of nitrogens with zero attached hydrogens (tertiary/aromatic N) is 5. The normalized spacial score (nSPS) is 20.7. The van der Waals surface area contributed by atoms with Crippen LogP contribution in [0.5, 0.6) is 0 Å². The first-order chi connectivity index (χ1) is 11.6. The number of anilines is 1. The number of aliphatic hydroxyl groups is 1. The van der Waals surface area contributed by atoms with Crippen LogP contribution in [0.2, 0.25) is 0 Å². The first-order valence-electron chi connectivity index (χ1n) is 7.98. The summed E-state index contributed by atoms with van der Waals surface area (Å²) in [4.78, 5) is 28.2. The minimum atomic E-state index is -0.977. The summed E-state index contributed by atoms with van der Waals surface area (Å²) in [5.74, 6) is 0.691. The van der Waals surface area contributed by atoms with Gasteiger partial charge in [-0.05, 0) is 31.0 Å². The molecule has 3 rings (SSSR count). The number of β-amino-alcohol motifs (C(OH)–C–C–N with tert-alkyl or cyclic N) is 1. The van der Waals surface area contributed by atoms with Crippen LogP contribution >= 0.6 is 0 Å². The highest BCUT2D eigenvalue weighted by atomic mass is 16.3. The third-order valence-electron chi connectivity index (χ3n) is 4.16. The number of hydrogen-bond donors (Lipinski definition) is 1. The monoisotopic (exact) mass is 327 g/mol. The highest BCUT2D eigenvalue weighted by Gasteiger charge is 2.36. The quantitative estimate of drug-likeness (QED) is 0.901. The lowest BCUT2D eigenvalue weighted by atomic mass is 9.92. The van der Waals surface area contributed by atoms with Gasteiger partial charge in [0, 0.05) is 38.7 Å². The summed E-state index contributed by atoms with van der Waals surface area (Å²) >= 11 is 0. The lowest BCUT2D eigenvalue weighted by Crippen LogP contribution is -2.55. The Labute approximate surface area is 141 Å². The minimum Gasteiger partial charge on any atom is -0.386 e. The van der Waals surface area contributed by atoms with Gasteiger partial charge >= 0.3 is 0 Å². The van der Waals surface area contributed by atoms with Crippen molar-refractivity contribution in [1.82, 2.24) is 19.9 Å². The first-order valence-corrected chi connectivity index (χ1v) is 7.98.